The number of ether oxygens (including phenoxy) is 1. The van der Waals surface area contributed by atoms with Crippen molar-refractivity contribution in [2.24, 2.45) is 0 Å². The zero-order valence-corrected chi connectivity index (χ0v) is 9.79. The summed E-state index contributed by atoms with van der Waals surface area (Å²) in [6.45, 7) is 5.30. The minimum atomic E-state index is -0.221. The van der Waals surface area contributed by atoms with Crippen LogP contribution in [0.15, 0.2) is 6.33 Å². The molecule has 0 atom stereocenters. The zero-order valence-electron chi connectivity index (χ0n) is 8.97. The van der Waals surface area contributed by atoms with Gasteiger partial charge in [0, 0.05) is 18.1 Å². The van der Waals surface area contributed by atoms with Crippen molar-refractivity contribution >= 4 is 22.6 Å². The van der Waals surface area contributed by atoms with Crippen LogP contribution in [-0.2, 0) is 9.53 Å². The standard InChI is InChI=1S/C9H15N3O2S/c1-3-5-12(6-8(13)14-4-2)9-10-7-11-15-9/h7H,3-6H2,1-2H3. The van der Waals surface area contributed by atoms with Gasteiger partial charge in [-0.15, -0.1) is 0 Å². The van der Waals surface area contributed by atoms with E-state index in [1.165, 1.54) is 17.9 Å². The molecular formula is C9H15N3O2S. The molecule has 0 saturated heterocycles. The molecule has 84 valence electrons. The molecule has 0 amide bonds. The summed E-state index contributed by atoms with van der Waals surface area (Å²) in [6.07, 6.45) is 2.45. The van der Waals surface area contributed by atoms with Crippen LogP contribution in [0.2, 0.25) is 0 Å². The van der Waals surface area contributed by atoms with E-state index >= 15 is 0 Å². The summed E-state index contributed by atoms with van der Waals surface area (Å²) in [4.78, 5) is 17.3. The number of anilines is 1. The van der Waals surface area contributed by atoms with Crippen LogP contribution in [0.3, 0.4) is 0 Å². The van der Waals surface area contributed by atoms with Gasteiger partial charge < -0.3 is 9.64 Å². The summed E-state index contributed by atoms with van der Waals surface area (Å²) in [6, 6.07) is 0. The first-order chi connectivity index (χ1) is 7.27. The van der Waals surface area contributed by atoms with Crippen LogP contribution in [-0.4, -0.2) is 35.0 Å². The second-order valence-corrected chi connectivity index (χ2v) is 3.71. The molecule has 0 N–H and O–H groups in total. The quantitative estimate of drug-likeness (QED) is 0.688. The molecule has 0 bridgehead atoms. The lowest BCUT2D eigenvalue weighted by atomic mass is 10.4. The van der Waals surface area contributed by atoms with Crippen LogP contribution in [0.4, 0.5) is 5.13 Å². The maximum Gasteiger partial charge on any atom is 0.325 e. The number of hydrogen-bond acceptors (Lipinski definition) is 6. The minimum Gasteiger partial charge on any atom is -0.465 e. The molecule has 1 aromatic heterocycles. The highest BCUT2D eigenvalue weighted by Crippen LogP contribution is 2.14. The first-order valence-electron chi connectivity index (χ1n) is 4.95. The van der Waals surface area contributed by atoms with Crippen LogP contribution in [0.1, 0.15) is 20.3 Å². The third kappa shape index (κ3) is 3.83. The average Bonchev–Trinajstić information content (AvgIpc) is 2.70. The van der Waals surface area contributed by atoms with E-state index in [0.29, 0.717) is 6.61 Å². The van der Waals surface area contributed by atoms with Crippen LogP contribution in [0.25, 0.3) is 0 Å². The summed E-state index contributed by atoms with van der Waals surface area (Å²) >= 11 is 1.29. The Balaban J connectivity index is 2.55. The maximum atomic E-state index is 11.3. The summed E-state index contributed by atoms with van der Waals surface area (Å²) in [7, 11) is 0. The van der Waals surface area contributed by atoms with E-state index in [1.807, 2.05) is 4.90 Å². The molecule has 0 radical (unpaired) electrons. The Bertz CT molecular complexity index is 290. The fourth-order valence-corrected chi connectivity index (χ4v) is 1.74. The number of rotatable bonds is 6. The fraction of sp³-hybridized carbons (Fsp3) is 0.667. The number of nitrogens with zero attached hydrogens (tertiary/aromatic N) is 3. The van der Waals surface area contributed by atoms with Crippen LogP contribution in [0, 0.1) is 0 Å². The van der Waals surface area contributed by atoms with Gasteiger partial charge in [-0.3, -0.25) is 4.79 Å². The molecule has 1 aromatic rings. The SMILES string of the molecule is CCCN(CC(=O)OCC)c1ncns1. The van der Waals surface area contributed by atoms with Gasteiger partial charge >= 0.3 is 5.97 Å². The Labute approximate surface area is 93.2 Å². The molecule has 0 aromatic carbocycles. The van der Waals surface area contributed by atoms with Crippen molar-refractivity contribution in [1.29, 1.82) is 0 Å². The van der Waals surface area contributed by atoms with Gasteiger partial charge in [0.05, 0.1) is 6.61 Å². The molecule has 1 heterocycles. The van der Waals surface area contributed by atoms with Crippen molar-refractivity contribution in [3.8, 4) is 0 Å². The Morgan fingerprint density at radius 2 is 2.40 bits per heavy atom. The molecule has 1 rings (SSSR count). The van der Waals surface area contributed by atoms with Gasteiger partial charge in [0.1, 0.15) is 12.9 Å². The highest BCUT2D eigenvalue weighted by atomic mass is 32.1. The van der Waals surface area contributed by atoms with Gasteiger partial charge in [0.2, 0.25) is 5.13 Å². The summed E-state index contributed by atoms with van der Waals surface area (Å²) < 4.78 is 8.81. The van der Waals surface area contributed by atoms with Crippen molar-refractivity contribution in [2.75, 3.05) is 24.6 Å². The molecule has 15 heavy (non-hydrogen) atoms. The first-order valence-corrected chi connectivity index (χ1v) is 5.72. The summed E-state index contributed by atoms with van der Waals surface area (Å²) in [5, 5.41) is 0.768. The van der Waals surface area contributed by atoms with Crippen molar-refractivity contribution in [1.82, 2.24) is 9.36 Å². The predicted octanol–water partition coefficient (Wildman–Crippen LogP) is 1.32. The van der Waals surface area contributed by atoms with Crippen LogP contribution < -0.4 is 4.90 Å². The number of carbonyl (C=O) groups is 1. The molecule has 0 aliphatic carbocycles. The van der Waals surface area contributed by atoms with Crippen molar-refractivity contribution in [3.63, 3.8) is 0 Å². The number of aromatic nitrogens is 2. The zero-order chi connectivity index (χ0) is 11.1. The lowest BCUT2D eigenvalue weighted by molar-refractivity contribution is -0.141. The molecule has 0 spiro atoms. The molecule has 6 heteroatoms. The van der Waals surface area contributed by atoms with Gasteiger partial charge in [-0.2, -0.15) is 4.37 Å². The van der Waals surface area contributed by atoms with Gasteiger partial charge in [0.25, 0.3) is 0 Å². The largest absolute Gasteiger partial charge is 0.465 e. The van der Waals surface area contributed by atoms with Crippen molar-refractivity contribution in [3.05, 3.63) is 6.33 Å². The molecule has 5 nitrogen and oxygen atoms in total. The van der Waals surface area contributed by atoms with Gasteiger partial charge in [0.15, 0.2) is 0 Å². The molecule has 0 aliphatic heterocycles. The Morgan fingerprint density at radius 1 is 1.60 bits per heavy atom. The molecular weight excluding hydrogens is 214 g/mol. The Morgan fingerprint density at radius 3 is 2.93 bits per heavy atom. The van der Waals surface area contributed by atoms with Gasteiger partial charge in [-0.05, 0) is 13.3 Å². The lowest BCUT2D eigenvalue weighted by Crippen LogP contribution is -2.31. The summed E-state index contributed by atoms with van der Waals surface area (Å²) in [5.41, 5.74) is 0. The number of carbonyl (C=O) groups excluding carboxylic acids is 1. The average molecular weight is 229 g/mol. The highest BCUT2D eigenvalue weighted by Gasteiger charge is 2.13. The van der Waals surface area contributed by atoms with E-state index in [1.54, 1.807) is 6.92 Å². The van der Waals surface area contributed by atoms with Crippen molar-refractivity contribution in [2.45, 2.75) is 20.3 Å². The monoisotopic (exact) mass is 229 g/mol. The third-order valence-corrected chi connectivity index (χ3v) is 2.47. The van der Waals surface area contributed by atoms with Gasteiger partial charge in [-0.25, -0.2) is 4.98 Å². The van der Waals surface area contributed by atoms with E-state index < -0.39 is 0 Å². The fourth-order valence-electron chi connectivity index (χ4n) is 1.18. The minimum absolute atomic E-state index is 0.221. The topological polar surface area (TPSA) is 55.3 Å². The Hall–Kier alpha value is -1.17. The maximum absolute atomic E-state index is 11.3. The predicted molar refractivity (Wildman–Crippen MR) is 59.0 cm³/mol. The number of hydrogen-bond donors (Lipinski definition) is 0. The number of esters is 1. The van der Waals surface area contributed by atoms with Crippen LogP contribution in [0.5, 0.6) is 0 Å². The molecule has 0 aliphatic rings. The normalized spacial score (nSPS) is 10.0. The smallest absolute Gasteiger partial charge is 0.325 e. The van der Waals surface area contributed by atoms with E-state index in [-0.39, 0.29) is 12.5 Å². The van der Waals surface area contributed by atoms with E-state index in [4.69, 9.17) is 4.74 Å². The summed E-state index contributed by atoms with van der Waals surface area (Å²) in [5.74, 6) is -0.221. The third-order valence-electron chi connectivity index (χ3n) is 1.74. The second kappa shape index (κ2) is 6.34. The lowest BCUT2D eigenvalue weighted by Gasteiger charge is -2.18. The highest BCUT2D eigenvalue weighted by molar-refractivity contribution is 7.09. The van der Waals surface area contributed by atoms with E-state index in [2.05, 4.69) is 16.3 Å². The van der Waals surface area contributed by atoms with Gasteiger partial charge in [-0.1, -0.05) is 6.92 Å². The molecule has 0 fully saturated rings. The molecule has 0 saturated carbocycles. The first kappa shape index (κ1) is 11.9. The van der Waals surface area contributed by atoms with E-state index in [0.717, 1.165) is 18.1 Å². The van der Waals surface area contributed by atoms with E-state index in [9.17, 15) is 4.79 Å². The van der Waals surface area contributed by atoms with Crippen LogP contribution >= 0.6 is 11.5 Å². The second-order valence-electron chi connectivity index (χ2n) is 2.95. The Kier molecular flexibility index (Phi) is 5.03. The molecule has 0 unspecified atom stereocenters. The van der Waals surface area contributed by atoms with Crippen molar-refractivity contribution < 1.29 is 9.53 Å².